The molecular weight excluding hydrogens is 214 g/mol. The average Bonchev–Trinajstić information content (AvgIpc) is 2.36. The summed E-state index contributed by atoms with van der Waals surface area (Å²) in [5, 5.41) is 0. The summed E-state index contributed by atoms with van der Waals surface area (Å²) < 4.78 is 4.81. The number of aryl methyl sites for hydroxylation is 1. The summed E-state index contributed by atoms with van der Waals surface area (Å²) in [6, 6.07) is 6.08. The maximum Gasteiger partial charge on any atom is 0.308 e. The molecule has 2 atom stereocenters. The Morgan fingerprint density at radius 1 is 1.47 bits per heavy atom. The van der Waals surface area contributed by atoms with Crippen molar-refractivity contribution in [3.05, 3.63) is 29.3 Å². The number of carbonyl (C=O) groups is 1. The molecule has 0 radical (unpaired) electrons. The second kappa shape index (κ2) is 4.78. The van der Waals surface area contributed by atoms with E-state index >= 15 is 0 Å². The number of benzene rings is 1. The number of nitrogen functional groups attached to an aromatic ring is 1. The molecule has 0 aliphatic heterocycles. The third-order valence-electron chi connectivity index (χ3n) is 3.78. The number of rotatable bonds is 2. The first-order valence-electron chi connectivity index (χ1n) is 6.07. The molecule has 0 fully saturated rings. The highest BCUT2D eigenvalue weighted by molar-refractivity contribution is 5.72. The van der Waals surface area contributed by atoms with Gasteiger partial charge in [-0.25, -0.2) is 0 Å². The fourth-order valence-electron chi connectivity index (χ4n) is 2.61. The third kappa shape index (κ3) is 2.43. The zero-order valence-corrected chi connectivity index (χ0v) is 10.4. The number of methoxy groups -OCH3 is 1. The van der Waals surface area contributed by atoms with Crippen molar-refractivity contribution in [3.63, 3.8) is 0 Å². The Hall–Kier alpha value is -1.51. The van der Waals surface area contributed by atoms with Crippen LogP contribution in [-0.4, -0.2) is 13.1 Å². The monoisotopic (exact) mass is 233 g/mol. The van der Waals surface area contributed by atoms with E-state index in [0.29, 0.717) is 5.92 Å². The molecular formula is C14H19NO2. The summed E-state index contributed by atoms with van der Waals surface area (Å²) in [5.41, 5.74) is 9.26. The summed E-state index contributed by atoms with van der Waals surface area (Å²) in [6.45, 7) is 1.95. The van der Waals surface area contributed by atoms with E-state index in [-0.39, 0.29) is 11.9 Å². The molecule has 0 saturated heterocycles. The molecule has 17 heavy (non-hydrogen) atoms. The van der Waals surface area contributed by atoms with Gasteiger partial charge in [0.25, 0.3) is 0 Å². The lowest BCUT2D eigenvalue weighted by Gasteiger charge is -2.28. The molecule has 2 rings (SSSR count). The van der Waals surface area contributed by atoms with Gasteiger partial charge in [-0.15, -0.1) is 0 Å². The maximum absolute atomic E-state index is 11.5. The lowest BCUT2D eigenvalue weighted by Crippen LogP contribution is -2.27. The van der Waals surface area contributed by atoms with Gasteiger partial charge in [-0.2, -0.15) is 0 Å². The smallest absolute Gasteiger partial charge is 0.308 e. The van der Waals surface area contributed by atoms with E-state index in [1.54, 1.807) is 0 Å². The molecule has 0 bridgehead atoms. The first-order chi connectivity index (χ1) is 8.11. The Morgan fingerprint density at radius 3 is 2.94 bits per heavy atom. The third-order valence-corrected chi connectivity index (χ3v) is 3.78. The summed E-state index contributed by atoms with van der Waals surface area (Å²) in [4.78, 5) is 11.5. The molecule has 0 spiro atoms. The number of nitrogens with two attached hydrogens (primary N) is 1. The first-order valence-corrected chi connectivity index (χ1v) is 6.07. The number of carbonyl (C=O) groups excluding carboxylic acids is 1. The van der Waals surface area contributed by atoms with E-state index in [0.717, 1.165) is 24.9 Å². The number of esters is 1. The topological polar surface area (TPSA) is 52.3 Å². The minimum absolute atomic E-state index is 0.0328. The Morgan fingerprint density at radius 2 is 2.24 bits per heavy atom. The van der Waals surface area contributed by atoms with E-state index in [2.05, 4.69) is 6.07 Å². The molecule has 1 aromatic carbocycles. The van der Waals surface area contributed by atoms with Crippen LogP contribution in [0.5, 0.6) is 0 Å². The van der Waals surface area contributed by atoms with E-state index in [4.69, 9.17) is 10.5 Å². The zero-order valence-electron chi connectivity index (χ0n) is 10.4. The Kier molecular flexibility index (Phi) is 3.36. The van der Waals surface area contributed by atoms with Gasteiger partial charge in [-0.3, -0.25) is 4.79 Å². The molecule has 2 N–H and O–H groups in total. The van der Waals surface area contributed by atoms with E-state index in [1.807, 2.05) is 19.1 Å². The summed E-state index contributed by atoms with van der Waals surface area (Å²) in [6.07, 6.45) is 3.01. The Balaban J connectivity index is 2.15. The SMILES string of the molecule is COC(=O)C(C)C1CCc2ccc(N)cc2C1. The second-order valence-corrected chi connectivity index (χ2v) is 4.84. The maximum atomic E-state index is 11.5. The second-order valence-electron chi connectivity index (χ2n) is 4.84. The average molecular weight is 233 g/mol. The highest BCUT2D eigenvalue weighted by Crippen LogP contribution is 2.31. The van der Waals surface area contributed by atoms with Gasteiger partial charge in [0, 0.05) is 5.69 Å². The first kappa shape index (κ1) is 12.0. The number of ether oxygens (including phenoxy) is 1. The lowest BCUT2D eigenvalue weighted by atomic mass is 9.77. The van der Waals surface area contributed by atoms with E-state index in [9.17, 15) is 4.79 Å². The quantitative estimate of drug-likeness (QED) is 0.629. The molecule has 1 aliphatic carbocycles. The Bertz CT molecular complexity index is 428. The Labute approximate surface area is 102 Å². The van der Waals surface area contributed by atoms with Crippen molar-refractivity contribution in [2.75, 3.05) is 12.8 Å². The van der Waals surface area contributed by atoms with Crippen molar-refractivity contribution >= 4 is 11.7 Å². The van der Waals surface area contributed by atoms with Crippen molar-refractivity contribution in [2.24, 2.45) is 11.8 Å². The minimum Gasteiger partial charge on any atom is -0.469 e. The lowest BCUT2D eigenvalue weighted by molar-refractivity contribution is -0.146. The van der Waals surface area contributed by atoms with Gasteiger partial charge >= 0.3 is 5.97 Å². The molecule has 2 unspecified atom stereocenters. The number of fused-ring (bicyclic) bond motifs is 1. The largest absolute Gasteiger partial charge is 0.469 e. The van der Waals surface area contributed by atoms with Crippen LogP contribution in [0.25, 0.3) is 0 Å². The van der Waals surface area contributed by atoms with E-state index in [1.165, 1.54) is 18.2 Å². The van der Waals surface area contributed by atoms with Crippen LogP contribution in [0.2, 0.25) is 0 Å². The molecule has 0 heterocycles. The van der Waals surface area contributed by atoms with Crippen LogP contribution in [0.15, 0.2) is 18.2 Å². The molecule has 1 aromatic rings. The number of anilines is 1. The van der Waals surface area contributed by atoms with Crippen LogP contribution in [0, 0.1) is 11.8 Å². The molecule has 92 valence electrons. The fraction of sp³-hybridized carbons (Fsp3) is 0.500. The van der Waals surface area contributed by atoms with Gasteiger partial charge in [0.15, 0.2) is 0 Å². The molecule has 1 aliphatic rings. The number of hydrogen-bond acceptors (Lipinski definition) is 3. The molecule has 0 aromatic heterocycles. The molecule has 3 heteroatoms. The van der Waals surface area contributed by atoms with Crippen molar-refractivity contribution in [2.45, 2.75) is 26.2 Å². The van der Waals surface area contributed by atoms with Crippen molar-refractivity contribution in [1.82, 2.24) is 0 Å². The van der Waals surface area contributed by atoms with Gasteiger partial charge in [-0.05, 0) is 48.4 Å². The zero-order chi connectivity index (χ0) is 12.4. The van der Waals surface area contributed by atoms with Crippen LogP contribution in [-0.2, 0) is 22.4 Å². The van der Waals surface area contributed by atoms with Gasteiger partial charge < -0.3 is 10.5 Å². The molecule has 3 nitrogen and oxygen atoms in total. The summed E-state index contributed by atoms with van der Waals surface area (Å²) in [7, 11) is 1.45. The normalized spacial score (nSPS) is 20.5. The van der Waals surface area contributed by atoms with Crippen LogP contribution >= 0.6 is 0 Å². The highest BCUT2D eigenvalue weighted by Gasteiger charge is 2.28. The molecule has 0 amide bonds. The van der Waals surface area contributed by atoms with E-state index < -0.39 is 0 Å². The van der Waals surface area contributed by atoms with Crippen LogP contribution in [0.3, 0.4) is 0 Å². The predicted octanol–water partition coefficient (Wildman–Crippen LogP) is 2.18. The standard InChI is InChI=1S/C14H19NO2/c1-9(14(16)17-2)11-4-3-10-5-6-13(15)8-12(10)7-11/h5-6,8-9,11H,3-4,7,15H2,1-2H3. The van der Waals surface area contributed by atoms with Gasteiger partial charge in [-0.1, -0.05) is 13.0 Å². The predicted molar refractivity (Wildman–Crippen MR) is 67.5 cm³/mol. The van der Waals surface area contributed by atoms with Gasteiger partial charge in [0.1, 0.15) is 0 Å². The minimum atomic E-state index is -0.109. The number of hydrogen-bond donors (Lipinski definition) is 1. The van der Waals surface area contributed by atoms with Crippen molar-refractivity contribution < 1.29 is 9.53 Å². The summed E-state index contributed by atoms with van der Waals surface area (Å²) >= 11 is 0. The highest BCUT2D eigenvalue weighted by atomic mass is 16.5. The van der Waals surface area contributed by atoms with Crippen LogP contribution in [0.1, 0.15) is 24.5 Å². The van der Waals surface area contributed by atoms with Crippen molar-refractivity contribution in [3.8, 4) is 0 Å². The van der Waals surface area contributed by atoms with Gasteiger partial charge in [0.2, 0.25) is 0 Å². The van der Waals surface area contributed by atoms with Gasteiger partial charge in [0.05, 0.1) is 13.0 Å². The van der Waals surface area contributed by atoms with Crippen LogP contribution < -0.4 is 5.73 Å². The van der Waals surface area contributed by atoms with Crippen LogP contribution in [0.4, 0.5) is 5.69 Å². The van der Waals surface area contributed by atoms with Crippen molar-refractivity contribution in [1.29, 1.82) is 0 Å². The fourth-order valence-corrected chi connectivity index (χ4v) is 2.61. The molecule has 0 saturated carbocycles. The summed E-state index contributed by atoms with van der Waals surface area (Å²) in [5.74, 6) is 0.230.